The number of pyridine rings is 1. The van der Waals surface area contributed by atoms with Gasteiger partial charge in [0.1, 0.15) is 11.6 Å². The average molecular weight is 285 g/mol. The maximum atomic E-state index is 9.84. The van der Waals surface area contributed by atoms with Crippen LogP contribution in [-0.4, -0.2) is 41.6 Å². The van der Waals surface area contributed by atoms with Gasteiger partial charge in [0, 0.05) is 34.3 Å². The number of aromatic nitrogens is 1. The van der Waals surface area contributed by atoms with E-state index in [9.17, 15) is 5.11 Å². The minimum Gasteiger partial charge on any atom is -0.506 e. The van der Waals surface area contributed by atoms with Crippen molar-refractivity contribution in [1.82, 2.24) is 9.88 Å². The van der Waals surface area contributed by atoms with E-state index in [4.69, 9.17) is 5.48 Å². The van der Waals surface area contributed by atoms with Gasteiger partial charge in [0.05, 0.1) is 15.0 Å². The highest BCUT2D eigenvalue weighted by atomic mass is 16.3. The second-order valence-electron chi connectivity index (χ2n) is 5.54. The number of aromatic hydroxyl groups is 1. The Hall–Kier alpha value is -2.07. The Morgan fingerprint density at radius 1 is 1.29 bits per heavy atom. The summed E-state index contributed by atoms with van der Waals surface area (Å²) in [5.74, 6) is 0.411. The lowest BCUT2D eigenvalue weighted by atomic mass is 9.96. The lowest BCUT2D eigenvalue weighted by Gasteiger charge is -2.41. The molecule has 0 saturated carbocycles. The molecule has 2 aliphatic rings. The van der Waals surface area contributed by atoms with Gasteiger partial charge in [-0.15, -0.1) is 0 Å². The zero-order chi connectivity index (χ0) is 18.0. The molecule has 1 fully saturated rings. The molecule has 1 atom stereocenters. The fourth-order valence-corrected chi connectivity index (χ4v) is 3.10. The van der Waals surface area contributed by atoms with Crippen molar-refractivity contribution in [2.45, 2.75) is 12.5 Å². The highest BCUT2D eigenvalue weighted by Crippen LogP contribution is 2.38. The molecule has 2 aromatic rings. The van der Waals surface area contributed by atoms with Crippen molar-refractivity contribution in [3.8, 4) is 5.75 Å². The van der Waals surface area contributed by atoms with Gasteiger partial charge < -0.3 is 14.9 Å². The number of hydrogen-bond donors (Lipinski definition) is 1. The molecule has 0 radical (unpaired) electrons. The molecule has 4 nitrogen and oxygen atoms in total. The van der Waals surface area contributed by atoms with E-state index < -0.39 is 13.0 Å². The molecule has 4 rings (SSSR count). The maximum absolute atomic E-state index is 9.84. The predicted molar refractivity (Wildman–Crippen MR) is 82.7 cm³/mol. The number of anilines is 1. The van der Waals surface area contributed by atoms with Crippen LogP contribution in [0.25, 0.3) is 0 Å². The maximum Gasteiger partial charge on any atom is 0.134 e. The lowest BCUT2D eigenvalue weighted by molar-refractivity contribution is 0.268. The van der Waals surface area contributed by atoms with Crippen molar-refractivity contribution in [3.63, 3.8) is 0 Å². The molecule has 108 valence electrons. The van der Waals surface area contributed by atoms with Crippen molar-refractivity contribution in [1.29, 1.82) is 0 Å². The molecule has 4 heteroatoms. The predicted octanol–water partition coefficient (Wildman–Crippen LogP) is 2.18. The van der Waals surface area contributed by atoms with Crippen LogP contribution in [0.2, 0.25) is 0 Å². The second-order valence-corrected chi connectivity index (χ2v) is 5.54. The summed E-state index contributed by atoms with van der Waals surface area (Å²) in [6.07, 6.45) is 1.80. The third kappa shape index (κ3) is 2.07. The Bertz CT molecular complexity index is 842. The molecular formula is C17H19N3O. The normalized spacial score (nSPS) is 28.8. The van der Waals surface area contributed by atoms with Gasteiger partial charge in [-0.05, 0) is 24.2 Å². The fourth-order valence-electron chi connectivity index (χ4n) is 3.10. The molecule has 1 unspecified atom stereocenters. The third-order valence-electron chi connectivity index (χ3n) is 4.07. The van der Waals surface area contributed by atoms with E-state index in [1.165, 1.54) is 16.0 Å². The van der Waals surface area contributed by atoms with Crippen molar-refractivity contribution in [2.75, 3.05) is 31.5 Å². The highest BCUT2D eigenvalue weighted by molar-refractivity contribution is 5.57. The van der Waals surface area contributed by atoms with E-state index in [0.29, 0.717) is 24.3 Å². The molecule has 3 heterocycles. The Morgan fingerprint density at radius 2 is 2.14 bits per heavy atom. The van der Waals surface area contributed by atoms with Crippen LogP contribution < -0.4 is 4.90 Å². The van der Waals surface area contributed by atoms with Crippen LogP contribution in [0.15, 0.2) is 36.5 Å². The van der Waals surface area contributed by atoms with E-state index in [0.717, 1.165) is 11.1 Å². The van der Waals surface area contributed by atoms with E-state index in [1.54, 1.807) is 13.1 Å². The van der Waals surface area contributed by atoms with Crippen LogP contribution in [0.4, 0.5) is 5.82 Å². The first-order chi connectivity index (χ1) is 11.7. The fraction of sp³-hybridized carbons (Fsp3) is 0.353. The summed E-state index contributed by atoms with van der Waals surface area (Å²) in [7, 11) is 1.60. The summed E-state index contributed by atoms with van der Waals surface area (Å²) < 4.78 is 33.8. The van der Waals surface area contributed by atoms with Gasteiger partial charge >= 0.3 is 0 Å². The SMILES string of the molecule is [2H]C1([2H])N(C)CC2c3ccccc3Cc3cc(O)cnc3N2C1([2H])[2H]. The Kier molecular flexibility index (Phi) is 2.04. The number of piperazine rings is 1. The molecule has 2 aliphatic heterocycles. The average Bonchev–Trinajstić information content (AvgIpc) is 2.68. The zero-order valence-corrected chi connectivity index (χ0v) is 11.7. The summed E-state index contributed by atoms with van der Waals surface area (Å²) in [6.45, 7) is -4.13. The van der Waals surface area contributed by atoms with Gasteiger partial charge in [-0.25, -0.2) is 4.98 Å². The number of hydrogen-bond acceptors (Lipinski definition) is 4. The number of likely N-dealkylation sites (N-methyl/N-ethyl adjacent to an activating group) is 1. The monoisotopic (exact) mass is 285 g/mol. The summed E-state index contributed by atoms with van der Waals surface area (Å²) in [6, 6.07) is 9.03. The van der Waals surface area contributed by atoms with Gasteiger partial charge in [-0.2, -0.15) is 0 Å². The second kappa shape index (κ2) is 4.74. The zero-order valence-electron chi connectivity index (χ0n) is 15.7. The van der Waals surface area contributed by atoms with Gasteiger partial charge in [0.15, 0.2) is 0 Å². The Labute approximate surface area is 130 Å². The van der Waals surface area contributed by atoms with Gasteiger partial charge in [0.25, 0.3) is 0 Å². The summed E-state index contributed by atoms with van der Waals surface area (Å²) >= 11 is 0. The van der Waals surface area contributed by atoms with Crippen molar-refractivity contribution < 1.29 is 10.6 Å². The van der Waals surface area contributed by atoms with Crippen LogP contribution in [0, 0.1) is 0 Å². The van der Waals surface area contributed by atoms with Crippen LogP contribution in [-0.2, 0) is 6.42 Å². The molecule has 0 spiro atoms. The van der Waals surface area contributed by atoms with Gasteiger partial charge in [-0.3, -0.25) is 0 Å². The van der Waals surface area contributed by atoms with Crippen molar-refractivity contribution in [2.24, 2.45) is 0 Å². The Morgan fingerprint density at radius 3 is 3.05 bits per heavy atom. The topological polar surface area (TPSA) is 39.6 Å². The quantitative estimate of drug-likeness (QED) is 0.805. The summed E-state index contributed by atoms with van der Waals surface area (Å²) in [4.78, 5) is 7.16. The standard InChI is InChI=1S/C17H19N3O/c1-19-6-7-20-16(11-19)15-5-3-2-4-12(15)8-13-9-14(21)10-18-17(13)20/h2-5,9-10,16,21H,6-8,11H2,1H3/i6D2,7D2. The number of rotatable bonds is 0. The number of benzene rings is 1. The van der Waals surface area contributed by atoms with Crippen LogP contribution in [0.3, 0.4) is 0 Å². The van der Waals surface area contributed by atoms with Gasteiger partial charge in [0.2, 0.25) is 0 Å². The molecule has 21 heavy (non-hydrogen) atoms. The summed E-state index contributed by atoms with van der Waals surface area (Å²) in [5.41, 5.74) is 2.70. The minimum absolute atomic E-state index is 0.0207. The van der Waals surface area contributed by atoms with E-state index in [-0.39, 0.29) is 11.8 Å². The largest absolute Gasteiger partial charge is 0.506 e. The first kappa shape index (κ1) is 9.05. The number of nitrogens with zero attached hydrogens (tertiary/aromatic N) is 3. The molecule has 1 saturated heterocycles. The van der Waals surface area contributed by atoms with Crippen LogP contribution >= 0.6 is 0 Å². The summed E-state index contributed by atoms with van der Waals surface area (Å²) in [5, 5.41) is 9.84. The third-order valence-corrected chi connectivity index (χ3v) is 4.07. The molecule has 0 aliphatic carbocycles. The smallest absolute Gasteiger partial charge is 0.134 e. The first-order valence-corrected chi connectivity index (χ1v) is 7.00. The molecule has 1 N–H and O–H groups in total. The van der Waals surface area contributed by atoms with Crippen molar-refractivity contribution >= 4 is 5.82 Å². The minimum atomic E-state index is -2.29. The van der Waals surface area contributed by atoms with E-state index in [1.807, 2.05) is 24.3 Å². The number of fused-ring (bicyclic) bond motifs is 5. The molecule has 1 aromatic heterocycles. The Balaban J connectivity index is 2.01. The van der Waals surface area contributed by atoms with Crippen LogP contribution in [0.5, 0.6) is 5.75 Å². The van der Waals surface area contributed by atoms with Crippen molar-refractivity contribution in [3.05, 3.63) is 53.2 Å². The van der Waals surface area contributed by atoms with E-state index >= 15 is 0 Å². The molecule has 1 aromatic carbocycles. The molecule has 0 bridgehead atoms. The van der Waals surface area contributed by atoms with Gasteiger partial charge in [-0.1, -0.05) is 24.3 Å². The molecular weight excluding hydrogens is 262 g/mol. The lowest BCUT2D eigenvalue weighted by Crippen LogP contribution is -2.47. The highest BCUT2D eigenvalue weighted by Gasteiger charge is 2.32. The first-order valence-electron chi connectivity index (χ1n) is 9.00. The molecule has 0 amide bonds. The van der Waals surface area contributed by atoms with E-state index in [2.05, 4.69) is 4.98 Å². The van der Waals surface area contributed by atoms with Crippen LogP contribution in [0.1, 0.15) is 28.2 Å².